The van der Waals surface area contributed by atoms with E-state index in [-0.39, 0.29) is 5.41 Å². The van der Waals surface area contributed by atoms with E-state index >= 15 is 0 Å². The molecule has 23 heavy (non-hydrogen) atoms. The predicted octanol–water partition coefficient (Wildman–Crippen LogP) is 4.77. The molecule has 0 amide bonds. The number of oxime groups is 1. The number of hydrogen-bond acceptors (Lipinski definition) is 3. The maximum atomic E-state index is 9.49. The minimum Gasteiger partial charge on any atom is -0.497 e. The minimum atomic E-state index is 0.116. The van der Waals surface area contributed by atoms with Gasteiger partial charge in [0, 0.05) is 5.41 Å². The molecule has 3 nitrogen and oxygen atoms in total. The lowest BCUT2D eigenvalue weighted by atomic mass is 9.50. The van der Waals surface area contributed by atoms with Crippen molar-refractivity contribution in [2.24, 2.45) is 22.4 Å². The maximum absolute atomic E-state index is 9.49. The monoisotopic (exact) mass is 313 g/mol. The highest BCUT2D eigenvalue weighted by Gasteiger charge is 2.51. The highest BCUT2D eigenvalue weighted by atomic mass is 16.5. The van der Waals surface area contributed by atoms with Gasteiger partial charge in [-0.2, -0.15) is 0 Å². The van der Waals surface area contributed by atoms with Gasteiger partial charge >= 0.3 is 0 Å². The van der Waals surface area contributed by atoms with E-state index in [2.05, 4.69) is 30.3 Å². The molecular weight excluding hydrogens is 286 g/mol. The standard InChI is InChI=1S/C20H27NO2/c1-20-11-10-15-16(18(20)4-3-5-19(20)21-22)9-7-13-6-8-14(23-2)12-17(13)15/h6,8,12,15-16,18,22H,3-5,7,9-11H2,1-2H3/b21-19+/t15-,16+,18-,20-/m0/s1. The highest BCUT2D eigenvalue weighted by Crippen LogP contribution is 2.58. The third-order valence-electron chi connectivity index (χ3n) is 7.03. The zero-order chi connectivity index (χ0) is 16.0. The molecule has 0 unspecified atom stereocenters. The summed E-state index contributed by atoms with van der Waals surface area (Å²) >= 11 is 0. The van der Waals surface area contributed by atoms with E-state index in [0.717, 1.165) is 30.2 Å². The number of benzene rings is 1. The van der Waals surface area contributed by atoms with Crippen LogP contribution in [0.3, 0.4) is 0 Å². The molecule has 1 aromatic carbocycles. The minimum absolute atomic E-state index is 0.116. The van der Waals surface area contributed by atoms with Crippen LogP contribution >= 0.6 is 0 Å². The smallest absolute Gasteiger partial charge is 0.119 e. The second-order valence-electron chi connectivity index (χ2n) is 7.88. The van der Waals surface area contributed by atoms with Crippen LogP contribution in [0.25, 0.3) is 0 Å². The van der Waals surface area contributed by atoms with Gasteiger partial charge in [0.1, 0.15) is 5.75 Å². The fourth-order valence-corrected chi connectivity index (χ4v) is 5.82. The Morgan fingerprint density at radius 2 is 2.09 bits per heavy atom. The summed E-state index contributed by atoms with van der Waals surface area (Å²) < 4.78 is 5.47. The van der Waals surface area contributed by atoms with Crippen LogP contribution in [0.15, 0.2) is 23.4 Å². The van der Waals surface area contributed by atoms with Gasteiger partial charge in [0.25, 0.3) is 0 Å². The molecule has 4 atom stereocenters. The van der Waals surface area contributed by atoms with Gasteiger partial charge in [-0.25, -0.2) is 0 Å². The first-order chi connectivity index (χ1) is 11.2. The van der Waals surface area contributed by atoms with Crippen molar-refractivity contribution in [1.29, 1.82) is 0 Å². The van der Waals surface area contributed by atoms with E-state index < -0.39 is 0 Å². The zero-order valence-corrected chi connectivity index (χ0v) is 14.2. The lowest BCUT2D eigenvalue weighted by molar-refractivity contribution is 0.0599. The molecular formula is C20H27NO2. The molecule has 3 aliphatic rings. The van der Waals surface area contributed by atoms with E-state index in [1.807, 2.05) is 0 Å². The molecule has 3 heteroatoms. The van der Waals surface area contributed by atoms with Crippen molar-refractivity contribution in [3.8, 4) is 5.75 Å². The molecule has 2 fully saturated rings. The van der Waals surface area contributed by atoms with Crippen molar-refractivity contribution in [2.45, 2.75) is 57.8 Å². The van der Waals surface area contributed by atoms with E-state index in [4.69, 9.17) is 4.74 Å². The van der Waals surface area contributed by atoms with Crippen LogP contribution in [0.4, 0.5) is 0 Å². The fraction of sp³-hybridized carbons (Fsp3) is 0.650. The van der Waals surface area contributed by atoms with Gasteiger partial charge in [0.2, 0.25) is 0 Å². The van der Waals surface area contributed by atoms with Crippen LogP contribution in [0.1, 0.15) is 62.5 Å². The van der Waals surface area contributed by atoms with Gasteiger partial charge in [-0.1, -0.05) is 18.1 Å². The molecule has 0 radical (unpaired) electrons. The second-order valence-corrected chi connectivity index (χ2v) is 7.88. The predicted molar refractivity (Wildman–Crippen MR) is 91.4 cm³/mol. The summed E-state index contributed by atoms with van der Waals surface area (Å²) in [7, 11) is 1.76. The summed E-state index contributed by atoms with van der Waals surface area (Å²) in [5.41, 5.74) is 4.21. The molecule has 0 aliphatic heterocycles. The number of hydrogen-bond donors (Lipinski definition) is 1. The molecule has 2 saturated carbocycles. The average Bonchev–Trinajstić information content (AvgIpc) is 2.59. The van der Waals surface area contributed by atoms with Gasteiger partial charge in [-0.3, -0.25) is 0 Å². The molecule has 4 rings (SSSR count). The second kappa shape index (κ2) is 5.54. The van der Waals surface area contributed by atoms with Crippen molar-refractivity contribution >= 4 is 5.71 Å². The maximum Gasteiger partial charge on any atom is 0.119 e. The molecule has 3 aliphatic carbocycles. The van der Waals surface area contributed by atoms with E-state index in [0.29, 0.717) is 11.8 Å². The summed E-state index contributed by atoms with van der Waals surface area (Å²) in [5.74, 6) is 3.04. The Hall–Kier alpha value is -1.51. The molecule has 0 saturated heterocycles. The number of ether oxygens (including phenoxy) is 1. The molecule has 0 spiro atoms. The number of fused-ring (bicyclic) bond motifs is 5. The Labute approximate surface area is 138 Å². The normalized spacial score (nSPS) is 37.7. The summed E-state index contributed by atoms with van der Waals surface area (Å²) in [6.45, 7) is 2.35. The van der Waals surface area contributed by atoms with E-state index in [1.54, 1.807) is 7.11 Å². The fourth-order valence-electron chi connectivity index (χ4n) is 5.82. The van der Waals surface area contributed by atoms with Crippen LogP contribution in [-0.4, -0.2) is 18.0 Å². The van der Waals surface area contributed by atoms with Gasteiger partial charge in [0.15, 0.2) is 0 Å². The van der Waals surface area contributed by atoms with E-state index in [9.17, 15) is 5.21 Å². The summed E-state index contributed by atoms with van der Waals surface area (Å²) in [6, 6.07) is 6.64. The Bertz CT molecular complexity index is 639. The van der Waals surface area contributed by atoms with Gasteiger partial charge in [-0.15, -0.1) is 0 Å². The largest absolute Gasteiger partial charge is 0.497 e. The van der Waals surface area contributed by atoms with Gasteiger partial charge < -0.3 is 9.94 Å². The van der Waals surface area contributed by atoms with Gasteiger partial charge in [0.05, 0.1) is 12.8 Å². The Balaban J connectivity index is 1.71. The third-order valence-corrected chi connectivity index (χ3v) is 7.03. The lowest BCUT2D eigenvalue weighted by Gasteiger charge is -2.54. The summed E-state index contributed by atoms with van der Waals surface area (Å²) in [4.78, 5) is 0. The SMILES string of the molecule is COc1ccc2c(c1)[C@H]1CC[C@]3(C)/C(=N/O)CCC[C@H]3[C@@H]1CC2. The number of rotatable bonds is 1. The topological polar surface area (TPSA) is 41.8 Å². The summed E-state index contributed by atoms with van der Waals surface area (Å²) in [6.07, 6.45) is 8.25. The molecule has 124 valence electrons. The van der Waals surface area contributed by atoms with Crippen LogP contribution in [0.5, 0.6) is 5.75 Å². The zero-order valence-electron chi connectivity index (χ0n) is 14.2. The van der Waals surface area contributed by atoms with Crippen molar-refractivity contribution in [3.63, 3.8) is 0 Å². The first-order valence-electron chi connectivity index (χ1n) is 9.05. The molecule has 1 aromatic rings. The Kier molecular flexibility index (Phi) is 3.62. The van der Waals surface area contributed by atoms with Crippen molar-refractivity contribution in [2.75, 3.05) is 7.11 Å². The molecule has 1 N–H and O–H groups in total. The first-order valence-corrected chi connectivity index (χ1v) is 9.05. The highest BCUT2D eigenvalue weighted by molar-refractivity contribution is 5.90. The lowest BCUT2D eigenvalue weighted by Crippen LogP contribution is -2.49. The third kappa shape index (κ3) is 2.20. The van der Waals surface area contributed by atoms with Crippen LogP contribution in [-0.2, 0) is 6.42 Å². The molecule has 0 heterocycles. The average molecular weight is 313 g/mol. The quantitative estimate of drug-likeness (QED) is 0.599. The molecule has 0 bridgehead atoms. The van der Waals surface area contributed by atoms with Crippen molar-refractivity contribution < 1.29 is 9.94 Å². The number of nitrogens with zero attached hydrogens (tertiary/aromatic N) is 1. The Morgan fingerprint density at radius 1 is 1.22 bits per heavy atom. The van der Waals surface area contributed by atoms with E-state index in [1.165, 1.54) is 43.2 Å². The number of methoxy groups -OCH3 is 1. The van der Waals surface area contributed by atoms with Crippen molar-refractivity contribution in [1.82, 2.24) is 0 Å². The summed E-state index contributed by atoms with van der Waals surface area (Å²) in [5, 5.41) is 13.2. The number of aryl methyl sites for hydroxylation is 1. The van der Waals surface area contributed by atoms with Crippen LogP contribution in [0, 0.1) is 17.3 Å². The van der Waals surface area contributed by atoms with Crippen LogP contribution < -0.4 is 4.74 Å². The Morgan fingerprint density at radius 3 is 2.87 bits per heavy atom. The molecule has 0 aromatic heterocycles. The van der Waals surface area contributed by atoms with Gasteiger partial charge in [-0.05, 0) is 86.0 Å². The van der Waals surface area contributed by atoms with Crippen molar-refractivity contribution in [3.05, 3.63) is 29.3 Å². The first kappa shape index (κ1) is 15.0. The van der Waals surface area contributed by atoms with Crippen LogP contribution in [0.2, 0.25) is 0 Å².